The fourth-order valence-electron chi connectivity index (χ4n) is 3.69. The van der Waals surface area contributed by atoms with E-state index < -0.39 is 6.04 Å². The first kappa shape index (κ1) is 24.2. The molecule has 0 saturated carbocycles. The maximum absolute atomic E-state index is 13.4. The molecular formula is C27H31FN2O3. The fourth-order valence-corrected chi connectivity index (χ4v) is 3.69. The Bertz CT molecular complexity index is 1080. The van der Waals surface area contributed by atoms with Crippen LogP contribution >= 0.6 is 0 Å². The molecule has 1 N–H and O–H groups in total. The molecule has 0 bridgehead atoms. The van der Waals surface area contributed by atoms with Crippen LogP contribution in [0.2, 0.25) is 0 Å². The molecule has 0 aliphatic rings. The van der Waals surface area contributed by atoms with Gasteiger partial charge in [-0.05, 0) is 48.9 Å². The molecule has 2 atom stereocenters. The molecule has 3 aromatic rings. The predicted molar refractivity (Wildman–Crippen MR) is 128 cm³/mol. The van der Waals surface area contributed by atoms with Gasteiger partial charge in [0.15, 0.2) is 6.61 Å². The van der Waals surface area contributed by atoms with Crippen LogP contribution in [0.5, 0.6) is 5.75 Å². The molecule has 0 spiro atoms. The van der Waals surface area contributed by atoms with Crippen LogP contribution in [0.15, 0.2) is 66.7 Å². The number of carbonyl (C=O) groups is 2. The molecule has 2 amide bonds. The minimum atomic E-state index is -0.660. The van der Waals surface area contributed by atoms with Gasteiger partial charge in [0.1, 0.15) is 17.6 Å². The second-order valence-electron chi connectivity index (χ2n) is 8.16. The average Bonchev–Trinajstić information content (AvgIpc) is 2.83. The van der Waals surface area contributed by atoms with Gasteiger partial charge in [-0.2, -0.15) is 0 Å². The molecule has 3 aromatic carbocycles. The Hall–Kier alpha value is -3.41. The summed E-state index contributed by atoms with van der Waals surface area (Å²) < 4.78 is 19.3. The number of nitrogens with one attached hydrogen (secondary N) is 1. The van der Waals surface area contributed by atoms with E-state index in [1.807, 2.05) is 63.2 Å². The number of ether oxygens (including phenoxy) is 1. The normalized spacial score (nSPS) is 12.7. The Kier molecular flexibility index (Phi) is 8.41. The zero-order valence-electron chi connectivity index (χ0n) is 19.4. The molecule has 174 valence electrons. The summed E-state index contributed by atoms with van der Waals surface area (Å²) in [5, 5.41) is 4.91. The molecule has 33 heavy (non-hydrogen) atoms. The maximum atomic E-state index is 13.4. The molecule has 0 aromatic heterocycles. The van der Waals surface area contributed by atoms with Gasteiger partial charge >= 0.3 is 0 Å². The molecular weight excluding hydrogens is 419 g/mol. The van der Waals surface area contributed by atoms with Gasteiger partial charge < -0.3 is 15.0 Å². The van der Waals surface area contributed by atoms with Gasteiger partial charge in [-0.15, -0.1) is 0 Å². The van der Waals surface area contributed by atoms with Crippen LogP contribution < -0.4 is 10.1 Å². The van der Waals surface area contributed by atoms with Crippen molar-refractivity contribution in [2.45, 2.75) is 52.2 Å². The van der Waals surface area contributed by atoms with Gasteiger partial charge in [0, 0.05) is 18.0 Å². The summed E-state index contributed by atoms with van der Waals surface area (Å²) in [5.74, 6) is -0.247. The number of rotatable bonds is 10. The Morgan fingerprint density at radius 3 is 2.36 bits per heavy atom. The third kappa shape index (κ3) is 6.31. The Labute approximate surface area is 194 Å². The topological polar surface area (TPSA) is 58.6 Å². The number of hydrogen-bond donors (Lipinski definition) is 1. The number of amides is 2. The third-order valence-electron chi connectivity index (χ3n) is 5.75. The summed E-state index contributed by atoms with van der Waals surface area (Å²) >= 11 is 0. The second kappa shape index (κ2) is 11.5. The van der Waals surface area contributed by atoms with Crippen molar-refractivity contribution in [2.75, 3.05) is 6.61 Å². The van der Waals surface area contributed by atoms with Crippen molar-refractivity contribution < 1.29 is 18.7 Å². The smallest absolute Gasteiger partial charge is 0.261 e. The largest absolute Gasteiger partial charge is 0.483 e. The van der Waals surface area contributed by atoms with Crippen LogP contribution in [-0.2, 0) is 16.1 Å². The lowest BCUT2D eigenvalue weighted by molar-refractivity contribution is -0.143. The highest BCUT2D eigenvalue weighted by Crippen LogP contribution is 2.25. The van der Waals surface area contributed by atoms with E-state index in [9.17, 15) is 14.0 Å². The van der Waals surface area contributed by atoms with E-state index in [1.165, 1.54) is 17.0 Å². The highest BCUT2D eigenvalue weighted by atomic mass is 19.1. The lowest BCUT2D eigenvalue weighted by Crippen LogP contribution is -2.51. The second-order valence-corrected chi connectivity index (χ2v) is 8.16. The number of hydrogen-bond acceptors (Lipinski definition) is 3. The van der Waals surface area contributed by atoms with Crippen molar-refractivity contribution in [3.63, 3.8) is 0 Å². The van der Waals surface area contributed by atoms with E-state index in [0.717, 1.165) is 22.8 Å². The lowest BCUT2D eigenvalue weighted by atomic mass is 10.1. The van der Waals surface area contributed by atoms with E-state index in [2.05, 4.69) is 5.32 Å². The minimum absolute atomic E-state index is 0.00116. The van der Waals surface area contributed by atoms with Crippen LogP contribution in [0.25, 0.3) is 10.8 Å². The highest BCUT2D eigenvalue weighted by Gasteiger charge is 2.29. The molecule has 0 unspecified atom stereocenters. The van der Waals surface area contributed by atoms with Crippen LogP contribution in [0.3, 0.4) is 0 Å². The van der Waals surface area contributed by atoms with Gasteiger partial charge in [-0.3, -0.25) is 9.59 Å². The van der Waals surface area contributed by atoms with Crippen molar-refractivity contribution in [3.8, 4) is 5.75 Å². The first-order valence-corrected chi connectivity index (χ1v) is 11.4. The standard InChI is InChI=1S/C27H31FN2O3/c1-4-19(3)29-27(32)24(5-2)30(17-20-13-15-22(28)16-14-20)26(31)18-33-25-12-8-10-21-9-6-7-11-23(21)25/h6-16,19,24H,4-5,17-18H2,1-3H3,(H,29,32)/t19-,24+/m1/s1. The quantitative estimate of drug-likeness (QED) is 0.469. The lowest BCUT2D eigenvalue weighted by Gasteiger charge is -2.31. The number of carbonyl (C=O) groups excluding carboxylic acids is 2. The van der Waals surface area contributed by atoms with Crippen molar-refractivity contribution in [1.29, 1.82) is 0 Å². The average molecular weight is 451 g/mol. The monoisotopic (exact) mass is 450 g/mol. The van der Waals surface area contributed by atoms with Crippen molar-refractivity contribution >= 4 is 22.6 Å². The van der Waals surface area contributed by atoms with Crippen molar-refractivity contribution in [2.24, 2.45) is 0 Å². The van der Waals surface area contributed by atoms with Gasteiger partial charge in [0.2, 0.25) is 5.91 Å². The zero-order valence-corrected chi connectivity index (χ0v) is 19.4. The summed E-state index contributed by atoms with van der Waals surface area (Å²) in [7, 11) is 0. The zero-order chi connectivity index (χ0) is 23.8. The van der Waals surface area contributed by atoms with Crippen LogP contribution in [-0.4, -0.2) is 35.4 Å². The maximum Gasteiger partial charge on any atom is 0.261 e. The minimum Gasteiger partial charge on any atom is -0.483 e. The molecule has 5 nitrogen and oxygen atoms in total. The first-order chi connectivity index (χ1) is 15.9. The molecule has 0 saturated heterocycles. The number of nitrogens with zero attached hydrogens (tertiary/aromatic N) is 1. The third-order valence-corrected chi connectivity index (χ3v) is 5.75. The van der Waals surface area contributed by atoms with Crippen molar-refractivity contribution in [1.82, 2.24) is 10.2 Å². The molecule has 6 heteroatoms. The predicted octanol–water partition coefficient (Wildman–Crippen LogP) is 5.08. The Morgan fingerprint density at radius 1 is 0.970 bits per heavy atom. The summed E-state index contributed by atoms with van der Waals surface area (Å²) in [6.07, 6.45) is 1.24. The number of benzene rings is 3. The summed E-state index contributed by atoms with van der Waals surface area (Å²) in [5.41, 5.74) is 0.740. The van der Waals surface area contributed by atoms with E-state index in [0.29, 0.717) is 12.2 Å². The summed E-state index contributed by atoms with van der Waals surface area (Å²) in [4.78, 5) is 27.8. The summed E-state index contributed by atoms with van der Waals surface area (Å²) in [6.45, 7) is 5.77. The van der Waals surface area contributed by atoms with Gasteiger partial charge in [-0.25, -0.2) is 4.39 Å². The van der Waals surface area contributed by atoms with E-state index in [-0.39, 0.29) is 36.8 Å². The molecule has 0 radical (unpaired) electrons. The molecule has 3 rings (SSSR count). The van der Waals surface area contributed by atoms with Crippen LogP contribution in [0.1, 0.15) is 39.2 Å². The highest BCUT2D eigenvalue weighted by molar-refractivity contribution is 5.90. The SMILES string of the molecule is CC[C@@H](C)NC(=O)[C@H](CC)N(Cc1ccc(F)cc1)C(=O)COc1cccc2ccccc12. The number of fused-ring (bicyclic) bond motifs is 1. The number of halogens is 1. The van der Waals surface area contributed by atoms with Crippen molar-refractivity contribution in [3.05, 3.63) is 78.1 Å². The van der Waals surface area contributed by atoms with Crippen LogP contribution in [0, 0.1) is 5.82 Å². The van der Waals surface area contributed by atoms with E-state index >= 15 is 0 Å². The van der Waals surface area contributed by atoms with Crippen LogP contribution in [0.4, 0.5) is 4.39 Å². The van der Waals surface area contributed by atoms with E-state index in [1.54, 1.807) is 12.1 Å². The Balaban J connectivity index is 1.82. The summed E-state index contributed by atoms with van der Waals surface area (Å²) in [6, 6.07) is 18.8. The fraction of sp³-hybridized carbons (Fsp3) is 0.333. The molecule has 0 aliphatic heterocycles. The van der Waals surface area contributed by atoms with Gasteiger partial charge in [0.25, 0.3) is 5.91 Å². The van der Waals surface area contributed by atoms with E-state index in [4.69, 9.17) is 4.74 Å². The molecule has 0 fully saturated rings. The molecule has 0 aliphatic carbocycles. The van der Waals surface area contributed by atoms with Gasteiger partial charge in [-0.1, -0.05) is 62.4 Å². The Morgan fingerprint density at radius 2 is 1.67 bits per heavy atom. The first-order valence-electron chi connectivity index (χ1n) is 11.4. The molecule has 0 heterocycles. The van der Waals surface area contributed by atoms with Gasteiger partial charge in [0.05, 0.1) is 0 Å².